The van der Waals surface area contributed by atoms with Crippen molar-refractivity contribution in [2.75, 3.05) is 39.9 Å². The van der Waals surface area contributed by atoms with Gasteiger partial charge in [-0.2, -0.15) is 0 Å². The third kappa shape index (κ3) is 3.19. The van der Waals surface area contributed by atoms with E-state index in [-0.39, 0.29) is 5.41 Å². The number of methoxy groups -OCH3 is 1. The van der Waals surface area contributed by atoms with Crippen LogP contribution in [0.15, 0.2) is 5.38 Å². The van der Waals surface area contributed by atoms with Crippen LogP contribution in [0.25, 0.3) is 0 Å². The van der Waals surface area contributed by atoms with E-state index in [9.17, 15) is 4.79 Å². The molecular weight excluding hydrogens is 298 g/mol. The summed E-state index contributed by atoms with van der Waals surface area (Å²) in [6.07, 6.45) is 3.12. The molecule has 1 amide bonds. The molecule has 1 aromatic rings. The molecule has 0 N–H and O–H groups in total. The predicted octanol–water partition coefficient (Wildman–Crippen LogP) is 1.91. The SMILES string of the molecule is COCCN1CC[C@]2(CCCN(Cc3csc(C)n3)C2)C1=O. The number of ether oxygens (including phenoxy) is 1. The number of piperidine rings is 1. The molecule has 0 radical (unpaired) electrons. The topological polar surface area (TPSA) is 45.7 Å². The van der Waals surface area contributed by atoms with Gasteiger partial charge in [0.2, 0.25) is 5.91 Å². The van der Waals surface area contributed by atoms with E-state index in [1.165, 1.54) is 0 Å². The van der Waals surface area contributed by atoms with E-state index >= 15 is 0 Å². The van der Waals surface area contributed by atoms with Crippen LogP contribution in [0, 0.1) is 12.3 Å². The van der Waals surface area contributed by atoms with Gasteiger partial charge in [0.15, 0.2) is 0 Å². The molecule has 6 heteroatoms. The fourth-order valence-electron chi connectivity index (χ4n) is 3.76. The van der Waals surface area contributed by atoms with Gasteiger partial charge in [-0.25, -0.2) is 4.98 Å². The first-order chi connectivity index (χ1) is 10.6. The van der Waals surface area contributed by atoms with Crippen molar-refractivity contribution in [3.05, 3.63) is 16.1 Å². The molecule has 3 rings (SSSR count). The molecule has 2 saturated heterocycles. The van der Waals surface area contributed by atoms with E-state index in [2.05, 4.69) is 15.3 Å². The zero-order chi connectivity index (χ0) is 15.6. The van der Waals surface area contributed by atoms with Crippen molar-refractivity contribution in [2.24, 2.45) is 5.41 Å². The van der Waals surface area contributed by atoms with E-state index in [0.717, 1.165) is 62.7 Å². The summed E-state index contributed by atoms with van der Waals surface area (Å²) in [4.78, 5) is 21.8. The van der Waals surface area contributed by atoms with Crippen LogP contribution >= 0.6 is 11.3 Å². The van der Waals surface area contributed by atoms with Crippen molar-refractivity contribution in [3.63, 3.8) is 0 Å². The lowest BCUT2D eigenvalue weighted by Gasteiger charge is -2.38. The molecule has 0 aliphatic carbocycles. The smallest absolute Gasteiger partial charge is 0.230 e. The standard InChI is InChI=1S/C16H25N3O2S/c1-13-17-14(11-22-13)10-18-6-3-4-16(12-18)5-7-19(15(16)20)8-9-21-2/h11H,3-10,12H2,1-2H3/t16-/m0/s1. The van der Waals surface area contributed by atoms with E-state index in [1.807, 2.05) is 11.8 Å². The summed E-state index contributed by atoms with van der Waals surface area (Å²) in [5, 5.41) is 3.25. The van der Waals surface area contributed by atoms with E-state index < -0.39 is 0 Å². The number of amides is 1. The second-order valence-corrected chi connectivity index (χ2v) is 7.55. The largest absolute Gasteiger partial charge is 0.383 e. The molecule has 1 spiro atoms. The second kappa shape index (κ2) is 6.64. The quantitative estimate of drug-likeness (QED) is 0.830. The Morgan fingerprint density at radius 3 is 3.00 bits per heavy atom. The Hall–Kier alpha value is -0.980. The summed E-state index contributed by atoms with van der Waals surface area (Å²) in [5.41, 5.74) is 0.984. The number of aromatic nitrogens is 1. The fourth-order valence-corrected chi connectivity index (χ4v) is 4.36. The molecule has 22 heavy (non-hydrogen) atoms. The average molecular weight is 323 g/mol. The van der Waals surface area contributed by atoms with Gasteiger partial charge in [0, 0.05) is 38.7 Å². The number of carbonyl (C=O) groups is 1. The number of aryl methyl sites for hydroxylation is 1. The number of hydrogen-bond donors (Lipinski definition) is 0. The molecular formula is C16H25N3O2S. The predicted molar refractivity (Wildman–Crippen MR) is 86.9 cm³/mol. The van der Waals surface area contributed by atoms with Crippen molar-refractivity contribution in [3.8, 4) is 0 Å². The van der Waals surface area contributed by atoms with Crippen LogP contribution in [0.1, 0.15) is 30.0 Å². The van der Waals surface area contributed by atoms with Crippen LogP contribution in [0.4, 0.5) is 0 Å². The number of hydrogen-bond acceptors (Lipinski definition) is 5. The van der Waals surface area contributed by atoms with Gasteiger partial charge in [-0.05, 0) is 32.7 Å². The summed E-state index contributed by atoms with van der Waals surface area (Å²) in [5.74, 6) is 0.337. The van der Waals surface area contributed by atoms with Gasteiger partial charge < -0.3 is 9.64 Å². The highest BCUT2D eigenvalue weighted by Gasteiger charge is 2.48. The molecule has 0 unspecified atom stereocenters. The number of carbonyl (C=O) groups excluding carboxylic acids is 1. The highest BCUT2D eigenvalue weighted by molar-refractivity contribution is 7.09. The molecule has 1 aromatic heterocycles. The Bertz CT molecular complexity index is 533. The first kappa shape index (κ1) is 15.9. The van der Waals surface area contributed by atoms with Gasteiger partial charge in [-0.15, -0.1) is 11.3 Å². The molecule has 122 valence electrons. The third-order valence-corrected chi connectivity index (χ3v) is 5.70. The third-order valence-electron chi connectivity index (χ3n) is 4.87. The zero-order valence-corrected chi connectivity index (χ0v) is 14.3. The summed E-state index contributed by atoms with van der Waals surface area (Å²) in [6, 6.07) is 0. The minimum absolute atomic E-state index is 0.156. The first-order valence-corrected chi connectivity index (χ1v) is 8.93. The van der Waals surface area contributed by atoms with E-state index in [0.29, 0.717) is 12.5 Å². The van der Waals surface area contributed by atoms with Crippen molar-refractivity contribution in [2.45, 2.75) is 32.7 Å². The summed E-state index contributed by atoms with van der Waals surface area (Å²) >= 11 is 1.70. The average Bonchev–Trinajstić information content (AvgIpc) is 3.03. The summed E-state index contributed by atoms with van der Waals surface area (Å²) in [7, 11) is 1.69. The van der Waals surface area contributed by atoms with Crippen LogP contribution in [0.2, 0.25) is 0 Å². The Labute approximate surface area is 136 Å². The monoisotopic (exact) mass is 323 g/mol. The van der Waals surface area contributed by atoms with E-state index in [4.69, 9.17) is 4.74 Å². The zero-order valence-electron chi connectivity index (χ0n) is 13.5. The normalized spacial score (nSPS) is 26.3. The maximum Gasteiger partial charge on any atom is 0.230 e. The maximum atomic E-state index is 12.8. The highest BCUT2D eigenvalue weighted by Crippen LogP contribution is 2.40. The van der Waals surface area contributed by atoms with Crippen molar-refractivity contribution < 1.29 is 9.53 Å². The van der Waals surface area contributed by atoms with Gasteiger partial charge in [0.05, 0.1) is 22.7 Å². The molecule has 2 aliphatic rings. The highest BCUT2D eigenvalue weighted by atomic mass is 32.1. The molecule has 1 atom stereocenters. The molecule has 2 fully saturated rings. The second-order valence-electron chi connectivity index (χ2n) is 6.49. The number of likely N-dealkylation sites (tertiary alicyclic amines) is 2. The minimum atomic E-state index is -0.156. The number of thiazole rings is 1. The lowest BCUT2D eigenvalue weighted by atomic mass is 9.78. The number of nitrogens with zero attached hydrogens (tertiary/aromatic N) is 3. The van der Waals surface area contributed by atoms with E-state index in [1.54, 1.807) is 18.4 Å². The first-order valence-electron chi connectivity index (χ1n) is 8.05. The van der Waals surface area contributed by atoms with Gasteiger partial charge in [0.1, 0.15) is 0 Å². The molecule has 5 nitrogen and oxygen atoms in total. The molecule has 0 aromatic carbocycles. The van der Waals surface area contributed by atoms with Crippen molar-refractivity contribution in [1.82, 2.24) is 14.8 Å². The summed E-state index contributed by atoms with van der Waals surface area (Å²) < 4.78 is 5.12. The Morgan fingerprint density at radius 2 is 2.27 bits per heavy atom. The minimum Gasteiger partial charge on any atom is -0.383 e. The van der Waals surface area contributed by atoms with Crippen molar-refractivity contribution in [1.29, 1.82) is 0 Å². The van der Waals surface area contributed by atoms with Crippen LogP contribution in [0.3, 0.4) is 0 Å². The van der Waals surface area contributed by atoms with Crippen LogP contribution in [-0.4, -0.2) is 60.6 Å². The fraction of sp³-hybridized carbons (Fsp3) is 0.750. The molecule has 3 heterocycles. The molecule has 2 aliphatic heterocycles. The molecule has 0 saturated carbocycles. The summed E-state index contributed by atoms with van der Waals surface area (Å²) in [6.45, 7) is 7.10. The Morgan fingerprint density at radius 1 is 1.41 bits per heavy atom. The van der Waals surface area contributed by atoms with Crippen LogP contribution in [0.5, 0.6) is 0 Å². The van der Waals surface area contributed by atoms with Crippen LogP contribution in [-0.2, 0) is 16.1 Å². The van der Waals surface area contributed by atoms with Gasteiger partial charge in [-0.1, -0.05) is 0 Å². The van der Waals surface area contributed by atoms with Crippen LogP contribution < -0.4 is 0 Å². The Kier molecular flexibility index (Phi) is 4.80. The number of rotatable bonds is 5. The van der Waals surface area contributed by atoms with Gasteiger partial charge >= 0.3 is 0 Å². The Balaban J connectivity index is 1.63. The van der Waals surface area contributed by atoms with Crippen molar-refractivity contribution >= 4 is 17.2 Å². The van der Waals surface area contributed by atoms with Gasteiger partial charge in [0.25, 0.3) is 0 Å². The lowest BCUT2D eigenvalue weighted by molar-refractivity contribution is -0.139. The van der Waals surface area contributed by atoms with Gasteiger partial charge in [-0.3, -0.25) is 9.69 Å². The maximum absolute atomic E-state index is 12.8. The lowest BCUT2D eigenvalue weighted by Crippen LogP contribution is -2.47. The molecule has 0 bridgehead atoms.